The average molecular weight is 369 g/mol. The van der Waals surface area contributed by atoms with Crippen LogP contribution in [0.3, 0.4) is 0 Å². The summed E-state index contributed by atoms with van der Waals surface area (Å²) in [5, 5.41) is 2.91. The van der Waals surface area contributed by atoms with Gasteiger partial charge in [0.05, 0.1) is 7.11 Å². The third-order valence-electron chi connectivity index (χ3n) is 6.04. The van der Waals surface area contributed by atoms with Crippen molar-refractivity contribution in [2.45, 2.75) is 64.8 Å². The number of halogens is 1. The van der Waals surface area contributed by atoms with Gasteiger partial charge in [-0.3, -0.25) is 0 Å². The van der Waals surface area contributed by atoms with Crippen molar-refractivity contribution < 1.29 is 9.13 Å². The van der Waals surface area contributed by atoms with Crippen molar-refractivity contribution in [3.8, 4) is 16.9 Å². The molecule has 144 valence electrons. The topological polar surface area (TPSA) is 38.7 Å². The number of nitrogens with zero attached hydrogens (tertiary/aromatic N) is 1. The highest BCUT2D eigenvalue weighted by atomic mass is 19.1. The van der Waals surface area contributed by atoms with Gasteiger partial charge in [-0.1, -0.05) is 38.9 Å². The highest BCUT2D eigenvalue weighted by molar-refractivity contribution is 5.76. The predicted molar refractivity (Wildman–Crippen MR) is 108 cm³/mol. The number of benzene rings is 2. The van der Waals surface area contributed by atoms with E-state index in [1.54, 1.807) is 0 Å². The minimum atomic E-state index is -0.467. The molecule has 0 amide bonds. The number of aryl methyl sites for hydroxylation is 1. The summed E-state index contributed by atoms with van der Waals surface area (Å²) >= 11 is 0. The maximum Gasteiger partial charge on any atom is 0.166 e. The van der Waals surface area contributed by atoms with E-state index in [0.717, 1.165) is 24.0 Å². The predicted octanol–water partition coefficient (Wildman–Crippen LogP) is 6.43. The molecule has 0 unspecified atom stereocenters. The lowest BCUT2D eigenvalue weighted by atomic mass is 9.62. The molecule has 1 aliphatic carbocycles. The van der Waals surface area contributed by atoms with Gasteiger partial charge in [0.25, 0.3) is 0 Å². The first-order valence-corrected chi connectivity index (χ1v) is 9.42. The Morgan fingerprint density at radius 3 is 2.15 bits per heavy atom. The van der Waals surface area contributed by atoms with E-state index in [-0.39, 0.29) is 23.1 Å². The molecule has 1 aliphatic rings. The van der Waals surface area contributed by atoms with Crippen LogP contribution in [-0.4, -0.2) is 7.11 Å². The summed E-state index contributed by atoms with van der Waals surface area (Å²) in [6.07, 6.45) is 2.25. The van der Waals surface area contributed by atoms with Crippen LogP contribution >= 0.6 is 0 Å². The molecule has 3 nitrogen and oxygen atoms in total. The lowest BCUT2D eigenvalue weighted by Gasteiger charge is -2.42. The van der Waals surface area contributed by atoms with Gasteiger partial charge in [-0.05, 0) is 76.6 Å². The van der Waals surface area contributed by atoms with Gasteiger partial charge < -0.3 is 4.74 Å². The Kier molecular flexibility index (Phi) is 4.87. The standard InChI is InChI=1S/C23H28FNO2/c1-14-9-18-19(23(4,5)8-7-22(18,2)3)12-16(14)17-10-15(13-25-26)11-20(24)21(17)27-6/h9-12H,7-8,13H2,1-6H3. The fourth-order valence-electron chi connectivity index (χ4n) is 4.24. The van der Waals surface area contributed by atoms with Gasteiger partial charge in [0.15, 0.2) is 11.6 Å². The molecular formula is C23H28FNO2. The third kappa shape index (κ3) is 3.38. The number of fused-ring (bicyclic) bond motifs is 1. The van der Waals surface area contributed by atoms with Crippen molar-refractivity contribution in [3.05, 3.63) is 57.2 Å². The van der Waals surface area contributed by atoms with Gasteiger partial charge in [0, 0.05) is 5.56 Å². The zero-order chi connectivity index (χ0) is 20.0. The zero-order valence-corrected chi connectivity index (χ0v) is 17.1. The van der Waals surface area contributed by atoms with Crippen LogP contribution in [0.25, 0.3) is 11.1 Å². The smallest absolute Gasteiger partial charge is 0.166 e. The molecule has 2 aromatic rings. The zero-order valence-electron chi connectivity index (χ0n) is 17.1. The van der Waals surface area contributed by atoms with Crippen LogP contribution in [0.15, 0.2) is 29.4 Å². The summed E-state index contributed by atoms with van der Waals surface area (Å²) in [6.45, 7) is 11.1. The van der Waals surface area contributed by atoms with Crippen LogP contribution in [0.5, 0.6) is 5.75 Å². The van der Waals surface area contributed by atoms with Crippen LogP contribution in [0.4, 0.5) is 4.39 Å². The second kappa shape index (κ2) is 6.74. The first-order chi connectivity index (χ1) is 12.6. The Morgan fingerprint density at radius 1 is 1.00 bits per heavy atom. The molecule has 0 heterocycles. The van der Waals surface area contributed by atoms with Gasteiger partial charge in [0.2, 0.25) is 0 Å². The maximum atomic E-state index is 14.6. The molecular weight excluding hydrogens is 341 g/mol. The SMILES string of the molecule is COc1c(F)cc(CN=O)cc1-c1cc2c(cc1C)C(C)(C)CCC2(C)C. The van der Waals surface area contributed by atoms with E-state index in [0.29, 0.717) is 11.1 Å². The molecule has 0 radical (unpaired) electrons. The summed E-state index contributed by atoms with van der Waals surface area (Å²) in [4.78, 5) is 10.7. The van der Waals surface area contributed by atoms with Crippen molar-refractivity contribution in [2.75, 3.05) is 7.11 Å². The second-order valence-electron chi connectivity index (χ2n) is 8.93. The first-order valence-electron chi connectivity index (χ1n) is 9.42. The quantitative estimate of drug-likeness (QED) is 0.583. The number of ether oxygens (including phenoxy) is 1. The monoisotopic (exact) mass is 369 g/mol. The molecule has 0 saturated heterocycles. The van der Waals surface area contributed by atoms with Gasteiger partial charge in [-0.15, -0.1) is 0 Å². The number of hydrogen-bond acceptors (Lipinski definition) is 3. The van der Waals surface area contributed by atoms with Crippen LogP contribution in [0, 0.1) is 17.6 Å². The first kappa shape index (κ1) is 19.5. The molecule has 0 fully saturated rings. The van der Waals surface area contributed by atoms with Crippen LogP contribution < -0.4 is 4.74 Å². The van der Waals surface area contributed by atoms with Crippen LogP contribution in [0.2, 0.25) is 0 Å². The Labute approximate surface area is 160 Å². The van der Waals surface area contributed by atoms with Crippen LogP contribution in [0.1, 0.15) is 62.8 Å². The van der Waals surface area contributed by atoms with Gasteiger partial charge >= 0.3 is 0 Å². The molecule has 27 heavy (non-hydrogen) atoms. The Balaban J connectivity index is 2.29. The highest BCUT2D eigenvalue weighted by Crippen LogP contribution is 2.48. The number of nitroso groups, excluding NO2 is 1. The van der Waals surface area contributed by atoms with Gasteiger partial charge in [-0.2, -0.15) is 4.91 Å². The van der Waals surface area contributed by atoms with Crippen molar-refractivity contribution in [1.29, 1.82) is 0 Å². The normalized spacial score (nSPS) is 17.3. The fourth-order valence-corrected chi connectivity index (χ4v) is 4.24. The lowest BCUT2D eigenvalue weighted by molar-refractivity contribution is 0.332. The van der Waals surface area contributed by atoms with E-state index < -0.39 is 5.82 Å². The highest BCUT2D eigenvalue weighted by Gasteiger charge is 2.37. The summed E-state index contributed by atoms with van der Waals surface area (Å²) in [6, 6.07) is 7.58. The van der Waals surface area contributed by atoms with E-state index in [9.17, 15) is 9.30 Å². The lowest BCUT2D eigenvalue weighted by Crippen LogP contribution is -2.34. The summed E-state index contributed by atoms with van der Waals surface area (Å²) in [5.41, 5.74) is 6.10. The molecule has 0 aromatic heterocycles. The summed E-state index contributed by atoms with van der Waals surface area (Å²) < 4.78 is 20.0. The number of rotatable bonds is 4. The van der Waals surface area contributed by atoms with E-state index in [2.05, 4.69) is 51.9 Å². The maximum absolute atomic E-state index is 14.6. The molecule has 3 rings (SSSR count). The largest absolute Gasteiger partial charge is 0.493 e. The van der Waals surface area contributed by atoms with E-state index >= 15 is 0 Å². The third-order valence-corrected chi connectivity index (χ3v) is 6.04. The molecule has 0 N–H and O–H groups in total. The van der Waals surface area contributed by atoms with Crippen molar-refractivity contribution in [3.63, 3.8) is 0 Å². The molecule has 2 aromatic carbocycles. The van der Waals surface area contributed by atoms with Crippen LogP contribution in [-0.2, 0) is 17.4 Å². The minimum Gasteiger partial charge on any atom is -0.493 e. The molecule has 4 heteroatoms. The number of methoxy groups -OCH3 is 1. The number of hydrogen-bond donors (Lipinski definition) is 0. The van der Waals surface area contributed by atoms with E-state index in [4.69, 9.17) is 4.74 Å². The Bertz CT molecular complexity index is 900. The van der Waals surface area contributed by atoms with Crippen molar-refractivity contribution >= 4 is 0 Å². The van der Waals surface area contributed by atoms with E-state index in [1.165, 1.54) is 24.3 Å². The van der Waals surface area contributed by atoms with Gasteiger partial charge in [0.1, 0.15) is 6.54 Å². The molecule has 0 saturated carbocycles. The Hall–Kier alpha value is -2.23. The van der Waals surface area contributed by atoms with Gasteiger partial charge in [-0.25, -0.2) is 4.39 Å². The summed E-state index contributed by atoms with van der Waals surface area (Å²) in [7, 11) is 1.47. The molecule has 0 bridgehead atoms. The second-order valence-corrected chi connectivity index (χ2v) is 8.93. The van der Waals surface area contributed by atoms with Crippen molar-refractivity contribution in [2.24, 2.45) is 5.18 Å². The fraction of sp³-hybridized carbons (Fsp3) is 0.478. The molecule has 0 aliphatic heterocycles. The summed E-state index contributed by atoms with van der Waals surface area (Å²) in [5.74, 6) is -0.258. The Morgan fingerprint density at radius 2 is 1.59 bits per heavy atom. The average Bonchev–Trinajstić information content (AvgIpc) is 2.59. The molecule has 0 spiro atoms. The van der Waals surface area contributed by atoms with Crippen molar-refractivity contribution in [1.82, 2.24) is 0 Å². The minimum absolute atomic E-state index is 0.0566. The molecule has 0 atom stereocenters. The van der Waals surface area contributed by atoms with E-state index in [1.807, 2.05) is 6.07 Å².